The van der Waals surface area contributed by atoms with Crippen LogP contribution in [0.3, 0.4) is 0 Å². The van der Waals surface area contributed by atoms with Gasteiger partial charge in [-0.25, -0.2) is 0 Å². The van der Waals surface area contributed by atoms with E-state index in [0.717, 1.165) is 12.2 Å². The Bertz CT molecular complexity index is 879. The number of hydrogen-bond acceptors (Lipinski definition) is 5. The lowest BCUT2D eigenvalue weighted by atomic mass is 10.1. The Morgan fingerprint density at radius 3 is 2.56 bits per heavy atom. The second-order valence-corrected chi connectivity index (χ2v) is 7.01. The number of carboxylic acids is 1. The first-order valence-electron chi connectivity index (χ1n) is 8.62. The van der Waals surface area contributed by atoms with Crippen LogP contribution >= 0.6 is 11.8 Å². The first-order chi connectivity index (χ1) is 13.1. The number of carbonyl (C=O) groups is 1. The van der Waals surface area contributed by atoms with E-state index in [-0.39, 0.29) is 12.4 Å². The van der Waals surface area contributed by atoms with Crippen molar-refractivity contribution in [2.75, 3.05) is 5.75 Å². The molecule has 0 unspecified atom stereocenters. The summed E-state index contributed by atoms with van der Waals surface area (Å²) in [5, 5.41) is 17.9. The lowest BCUT2D eigenvalue weighted by molar-refractivity contribution is -0.133. The van der Waals surface area contributed by atoms with Crippen LogP contribution in [-0.4, -0.2) is 31.6 Å². The number of benzene rings is 2. The average Bonchev–Trinajstić information content (AvgIpc) is 3.07. The molecule has 0 bridgehead atoms. The molecule has 0 spiro atoms. The lowest BCUT2D eigenvalue weighted by Gasteiger charge is -2.11. The maximum absolute atomic E-state index is 10.9. The van der Waals surface area contributed by atoms with Crippen LogP contribution in [-0.2, 0) is 24.4 Å². The molecule has 0 radical (unpaired) electrons. The quantitative estimate of drug-likeness (QED) is 0.569. The number of aryl methyl sites for hydroxylation is 2. The molecule has 1 aromatic heterocycles. The number of carboxylic acid groups (broad SMARTS) is 1. The summed E-state index contributed by atoms with van der Waals surface area (Å²) in [6.07, 6.45) is 0.803. The molecule has 3 rings (SSSR count). The van der Waals surface area contributed by atoms with Crippen LogP contribution in [0.4, 0.5) is 0 Å². The van der Waals surface area contributed by atoms with Gasteiger partial charge in [0.15, 0.2) is 11.0 Å². The van der Waals surface area contributed by atoms with Crippen LogP contribution in [0.15, 0.2) is 59.8 Å². The van der Waals surface area contributed by atoms with Gasteiger partial charge in [0.05, 0.1) is 5.75 Å². The van der Waals surface area contributed by atoms with Crippen LogP contribution < -0.4 is 4.74 Å². The fourth-order valence-electron chi connectivity index (χ4n) is 2.55. The van der Waals surface area contributed by atoms with Crippen molar-refractivity contribution in [3.63, 3.8) is 0 Å². The van der Waals surface area contributed by atoms with Gasteiger partial charge in [-0.3, -0.25) is 4.79 Å². The van der Waals surface area contributed by atoms with Crippen molar-refractivity contribution >= 4 is 17.7 Å². The molecule has 6 nitrogen and oxygen atoms in total. The average molecular weight is 383 g/mol. The first kappa shape index (κ1) is 19.0. The van der Waals surface area contributed by atoms with E-state index >= 15 is 0 Å². The van der Waals surface area contributed by atoms with Crippen LogP contribution in [0.5, 0.6) is 5.75 Å². The number of aromatic nitrogens is 3. The Hall–Kier alpha value is -2.80. The van der Waals surface area contributed by atoms with E-state index in [1.54, 1.807) is 0 Å². The predicted molar refractivity (Wildman–Crippen MR) is 104 cm³/mol. The van der Waals surface area contributed by atoms with Crippen molar-refractivity contribution in [1.82, 2.24) is 14.8 Å². The van der Waals surface area contributed by atoms with Gasteiger partial charge in [-0.15, -0.1) is 10.2 Å². The summed E-state index contributed by atoms with van der Waals surface area (Å²) in [7, 11) is 0. The van der Waals surface area contributed by atoms with E-state index in [0.29, 0.717) is 17.5 Å². The molecular weight excluding hydrogens is 362 g/mol. The van der Waals surface area contributed by atoms with Crippen molar-refractivity contribution < 1.29 is 14.6 Å². The molecule has 0 fully saturated rings. The maximum atomic E-state index is 10.9. The van der Waals surface area contributed by atoms with Crippen molar-refractivity contribution in [3.8, 4) is 5.75 Å². The van der Waals surface area contributed by atoms with Gasteiger partial charge < -0.3 is 14.4 Å². The van der Waals surface area contributed by atoms with Gasteiger partial charge in [0.25, 0.3) is 0 Å². The molecule has 1 N–H and O–H groups in total. The highest BCUT2D eigenvalue weighted by atomic mass is 32.2. The number of nitrogens with zero attached hydrogens (tertiary/aromatic N) is 3. The molecule has 0 aliphatic rings. The summed E-state index contributed by atoms with van der Waals surface area (Å²) in [6, 6.07) is 17.9. The highest BCUT2D eigenvalue weighted by Gasteiger charge is 2.14. The van der Waals surface area contributed by atoms with Crippen LogP contribution in [0.1, 0.15) is 17.0 Å². The Labute approximate surface area is 162 Å². The second kappa shape index (κ2) is 9.23. The van der Waals surface area contributed by atoms with E-state index in [2.05, 4.69) is 22.3 Å². The molecule has 27 heavy (non-hydrogen) atoms. The Morgan fingerprint density at radius 2 is 1.85 bits per heavy atom. The first-order valence-corrected chi connectivity index (χ1v) is 9.60. The highest BCUT2D eigenvalue weighted by molar-refractivity contribution is 7.99. The molecular formula is C20H21N3O3S. The molecule has 1 heterocycles. The third-order valence-electron chi connectivity index (χ3n) is 3.97. The fourth-order valence-corrected chi connectivity index (χ4v) is 3.26. The van der Waals surface area contributed by atoms with E-state index in [1.807, 2.05) is 54.0 Å². The summed E-state index contributed by atoms with van der Waals surface area (Å²) in [5.41, 5.74) is 2.37. The molecule has 0 aliphatic heterocycles. The van der Waals surface area contributed by atoms with Crippen LogP contribution in [0.2, 0.25) is 0 Å². The SMILES string of the molecule is Cc1ccc(OCc2nnc(SCC(=O)O)n2CCc2ccccc2)cc1. The standard InChI is InChI=1S/C20H21N3O3S/c1-15-7-9-17(10-8-15)26-13-18-21-22-20(27-14-19(24)25)23(18)12-11-16-5-3-2-4-6-16/h2-10H,11-14H2,1H3,(H,24,25). The summed E-state index contributed by atoms with van der Waals surface area (Å²) < 4.78 is 7.77. The third kappa shape index (κ3) is 5.59. The number of ether oxygens (including phenoxy) is 1. The van der Waals surface area contributed by atoms with Crippen LogP contribution in [0, 0.1) is 6.92 Å². The normalized spacial score (nSPS) is 10.7. The van der Waals surface area contributed by atoms with Gasteiger partial charge in [0, 0.05) is 6.54 Å². The molecule has 7 heteroatoms. The number of hydrogen-bond donors (Lipinski definition) is 1. The van der Waals surface area contributed by atoms with Crippen molar-refractivity contribution in [1.29, 1.82) is 0 Å². The topological polar surface area (TPSA) is 77.2 Å². The summed E-state index contributed by atoms with van der Waals surface area (Å²) in [6.45, 7) is 2.96. The van der Waals surface area contributed by atoms with E-state index < -0.39 is 5.97 Å². The zero-order valence-electron chi connectivity index (χ0n) is 15.0. The van der Waals surface area contributed by atoms with Gasteiger partial charge in [0.1, 0.15) is 12.4 Å². The molecule has 0 saturated heterocycles. The highest BCUT2D eigenvalue weighted by Crippen LogP contribution is 2.19. The van der Waals surface area contributed by atoms with E-state index in [9.17, 15) is 4.79 Å². The summed E-state index contributed by atoms with van der Waals surface area (Å²) >= 11 is 1.17. The second-order valence-electron chi connectivity index (χ2n) is 6.07. The molecule has 0 atom stereocenters. The number of aliphatic carboxylic acids is 1. The Kier molecular flexibility index (Phi) is 6.49. The lowest BCUT2D eigenvalue weighted by Crippen LogP contribution is -2.11. The summed E-state index contributed by atoms with van der Waals surface area (Å²) in [5.74, 6) is 0.509. The van der Waals surface area contributed by atoms with Gasteiger partial charge >= 0.3 is 5.97 Å². The van der Waals surface area contributed by atoms with Gasteiger partial charge in [-0.05, 0) is 31.0 Å². The smallest absolute Gasteiger partial charge is 0.313 e. The zero-order valence-corrected chi connectivity index (χ0v) is 15.9. The number of rotatable bonds is 9. The van der Waals surface area contributed by atoms with Crippen molar-refractivity contribution in [2.24, 2.45) is 0 Å². The van der Waals surface area contributed by atoms with Crippen molar-refractivity contribution in [2.45, 2.75) is 31.7 Å². The van der Waals surface area contributed by atoms with Crippen LogP contribution in [0.25, 0.3) is 0 Å². The fraction of sp³-hybridized carbons (Fsp3) is 0.250. The molecule has 3 aromatic rings. The van der Waals surface area contributed by atoms with Crippen molar-refractivity contribution in [3.05, 3.63) is 71.5 Å². The monoisotopic (exact) mass is 383 g/mol. The minimum absolute atomic E-state index is 0.0533. The zero-order chi connectivity index (χ0) is 19.1. The van der Waals surface area contributed by atoms with E-state index in [4.69, 9.17) is 9.84 Å². The largest absolute Gasteiger partial charge is 0.486 e. The van der Waals surface area contributed by atoms with E-state index in [1.165, 1.54) is 22.9 Å². The summed E-state index contributed by atoms with van der Waals surface area (Å²) in [4.78, 5) is 10.9. The minimum Gasteiger partial charge on any atom is -0.486 e. The molecule has 0 amide bonds. The molecule has 140 valence electrons. The maximum Gasteiger partial charge on any atom is 0.313 e. The van der Waals surface area contributed by atoms with Gasteiger partial charge in [-0.2, -0.15) is 0 Å². The Balaban J connectivity index is 1.72. The molecule has 2 aromatic carbocycles. The van der Waals surface area contributed by atoms with Gasteiger partial charge in [-0.1, -0.05) is 59.8 Å². The third-order valence-corrected chi connectivity index (χ3v) is 4.93. The number of thioether (sulfide) groups is 1. The molecule has 0 saturated carbocycles. The minimum atomic E-state index is -0.880. The van der Waals surface area contributed by atoms with Gasteiger partial charge in [0.2, 0.25) is 0 Å². The Morgan fingerprint density at radius 1 is 1.11 bits per heavy atom. The predicted octanol–water partition coefficient (Wildman–Crippen LogP) is 3.58. The molecule has 0 aliphatic carbocycles.